The quantitative estimate of drug-likeness (QED) is 0.277. The van der Waals surface area contributed by atoms with E-state index in [0.717, 1.165) is 48.5 Å². The molecule has 0 atom stereocenters. The van der Waals surface area contributed by atoms with Crippen molar-refractivity contribution in [2.24, 2.45) is 0 Å². The van der Waals surface area contributed by atoms with Gasteiger partial charge >= 0.3 is 0 Å². The van der Waals surface area contributed by atoms with Crippen molar-refractivity contribution in [3.63, 3.8) is 0 Å². The summed E-state index contributed by atoms with van der Waals surface area (Å²) in [6, 6.07) is 18.4. The lowest BCUT2D eigenvalue weighted by molar-refractivity contribution is 0.102. The second kappa shape index (κ2) is 11.1. The fourth-order valence-corrected chi connectivity index (χ4v) is 5.67. The molecule has 0 saturated carbocycles. The van der Waals surface area contributed by atoms with E-state index in [2.05, 4.69) is 38.2 Å². The maximum absolute atomic E-state index is 13.1. The van der Waals surface area contributed by atoms with Gasteiger partial charge in [-0.3, -0.25) is 20.0 Å². The van der Waals surface area contributed by atoms with Gasteiger partial charge in [-0.25, -0.2) is 4.98 Å². The number of ether oxygens (including phenoxy) is 2. The monoisotopic (exact) mass is 555 g/mol. The molecule has 1 aliphatic rings. The van der Waals surface area contributed by atoms with E-state index < -0.39 is 0 Å². The number of phenolic OH excluding ortho intramolecular Hbond substituents is 1. The molecule has 0 unspecified atom stereocenters. The van der Waals surface area contributed by atoms with Gasteiger partial charge in [0.25, 0.3) is 5.91 Å². The van der Waals surface area contributed by atoms with Crippen LogP contribution in [0, 0.1) is 0 Å². The standard InChI is InChI=1S/C30H29N5O4S/c1-34-10-12-35(13-11-34)18-19-4-3-5-20(14-19)29(37)33-30-32-23-7-6-21(15-28(23)40-30)39-26-8-9-31-24-17-25(36)27(38-2)16-22(24)26/h3-9,14-17,36H,10-13,18H2,1-2H3,(H,32,33,37). The fourth-order valence-electron chi connectivity index (χ4n) is 4.78. The summed E-state index contributed by atoms with van der Waals surface area (Å²) in [5.74, 6) is 1.37. The summed E-state index contributed by atoms with van der Waals surface area (Å²) in [4.78, 5) is 26.7. The molecule has 1 saturated heterocycles. The van der Waals surface area contributed by atoms with Crippen LogP contribution in [-0.2, 0) is 6.54 Å². The predicted molar refractivity (Wildman–Crippen MR) is 157 cm³/mol. The molecule has 2 aromatic heterocycles. The van der Waals surface area contributed by atoms with Gasteiger partial charge in [-0.2, -0.15) is 0 Å². The molecule has 1 aliphatic heterocycles. The number of pyridine rings is 1. The van der Waals surface area contributed by atoms with E-state index >= 15 is 0 Å². The third-order valence-electron chi connectivity index (χ3n) is 7.00. The Bertz CT molecular complexity index is 1700. The summed E-state index contributed by atoms with van der Waals surface area (Å²) in [7, 11) is 3.64. The Morgan fingerprint density at radius 2 is 1.88 bits per heavy atom. The van der Waals surface area contributed by atoms with Gasteiger partial charge in [-0.05, 0) is 49.0 Å². The van der Waals surface area contributed by atoms with Crippen LogP contribution in [0.4, 0.5) is 5.13 Å². The first-order valence-electron chi connectivity index (χ1n) is 13.0. The zero-order valence-corrected chi connectivity index (χ0v) is 23.1. The highest BCUT2D eigenvalue weighted by Gasteiger charge is 2.16. The van der Waals surface area contributed by atoms with Gasteiger partial charge in [0.2, 0.25) is 0 Å². The maximum Gasteiger partial charge on any atom is 0.257 e. The van der Waals surface area contributed by atoms with Crippen LogP contribution in [-0.4, -0.2) is 71.1 Å². The van der Waals surface area contributed by atoms with Crippen molar-refractivity contribution in [3.8, 4) is 23.0 Å². The highest BCUT2D eigenvalue weighted by molar-refractivity contribution is 7.22. The van der Waals surface area contributed by atoms with Gasteiger partial charge in [0.15, 0.2) is 16.6 Å². The lowest BCUT2D eigenvalue weighted by Gasteiger charge is -2.32. The number of anilines is 1. The number of nitrogens with zero attached hydrogens (tertiary/aromatic N) is 4. The van der Waals surface area contributed by atoms with Crippen LogP contribution >= 0.6 is 11.3 Å². The molecule has 5 aromatic rings. The average Bonchev–Trinajstić information content (AvgIpc) is 3.36. The molecule has 1 fully saturated rings. The number of nitrogens with one attached hydrogen (secondary N) is 1. The van der Waals surface area contributed by atoms with Crippen molar-refractivity contribution < 1.29 is 19.4 Å². The molecule has 3 heterocycles. The van der Waals surface area contributed by atoms with Crippen LogP contribution in [0.25, 0.3) is 21.1 Å². The Morgan fingerprint density at radius 3 is 2.70 bits per heavy atom. The normalized spacial score (nSPS) is 14.4. The Kier molecular flexibility index (Phi) is 7.21. The Labute approximate surface area is 235 Å². The van der Waals surface area contributed by atoms with Crippen molar-refractivity contribution in [2.75, 3.05) is 45.7 Å². The number of aromatic nitrogens is 2. The van der Waals surface area contributed by atoms with Crippen LogP contribution in [0.1, 0.15) is 15.9 Å². The summed E-state index contributed by atoms with van der Waals surface area (Å²) in [5.41, 5.74) is 3.09. The molecule has 0 bridgehead atoms. The first-order chi connectivity index (χ1) is 19.4. The largest absolute Gasteiger partial charge is 0.504 e. The highest BCUT2D eigenvalue weighted by atomic mass is 32.1. The zero-order chi connectivity index (χ0) is 27.6. The van der Waals surface area contributed by atoms with Crippen LogP contribution in [0.5, 0.6) is 23.0 Å². The average molecular weight is 556 g/mol. The van der Waals surface area contributed by atoms with Crippen molar-refractivity contribution >= 4 is 43.5 Å². The number of rotatable bonds is 7. The molecule has 9 nitrogen and oxygen atoms in total. The lowest BCUT2D eigenvalue weighted by Crippen LogP contribution is -2.43. The molecular weight excluding hydrogens is 526 g/mol. The smallest absolute Gasteiger partial charge is 0.257 e. The fraction of sp³-hybridized carbons (Fsp3) is 0.233. The van der Waals surface area contributed by atoms with Gasteiger partial charge in [0.05, 0.1) is 22.8 Å². The third-order valence-corrected chi connectivity index (χ3v) is 7.94. The molecule has 10 heteroatoms. The molecule has 40 heavy (non-hydrogen) atoms. The summed E-state index contributed by atoms with van der Waals surface area (Å²) in [5, 5.41) is 14.3. The van der Waals surface area contributed by atoms with Gasteiger partial charge in [-0.15, -0.1) is 0 Å². The Morgan fingerprint density at radius 1 is 1.02 bits per heavy atom. The second-order valence-corrected chi connectivity index (χ2v) is 10.9. The number of thiazole rings is 1. The van der Waals surface area contributed by atoms with E-state index in [0.29, 0.717) is 38.8 Å². The van der Waals surface area contributed by atoms with E-state index in [9.17, 15) is 9.90 Å². The summed E-state index contributed by atoms with van der Waals surface area (Å²) >= 11 is 1.39. The van der Waals surface area contributed by atoms with Gasteiger partial charge in [0, 0.05) is 62.0 Å². The molecule has 0 aliphatic carbocycles. The molecule has 3 aromatic carbocycles. The number of aromatic hydroxyl groups is 1. The predicted octanol–water partition coefficient (Wildman–Crippen LogP) is 5.35. The van der Waals surface area contributed by atoms with E-state index in [4.69, 9.17) is 9.47 Å². The third kappa shape index (κ3) is 5.55. The number of carbonyl (C=O) groups is 1. The number of piperazine rings is 1. The minimum Gasteiger partial charge on any atom is -0.504 e. The van der Waals surface area contributed by atoms with Crippen molar-refractivity contribution in [3.05, 3.63) is 78.0 Å². The van der Waals surface area contributed by atoms with Crippen LogP contribution in [0.2, 0.25) is 0 Å². The number of fused-ring (bicyclic) bond motifs is 2. The first kappa shape index (κ1) is 26.0. The van der Waals surface area contributed by atoms with Crippen molar-refractivity contribution in [2.45, 2.75) is 6.54 Å². The zero-order valence-electron chi connectivity index (χ0n) is 22.3. The SMILES string of the molecule is COc1cc2c(Oc3ccc4nc(NC(=O)c5cccc(CN6CCN(C)CC6)c5)sc4c3)ccnc2cc1O. The number of methoxy groups -OCH3 is 1. The molecule has 0 spiro atoms. The van der Waals surface area contributed by atoms with E-state index in [-0.39, 0.29) is 11.7 Å². The Hall–Kier alpha value is -4.25. The number of phenols is 1. The molecule has 6 rings (SSSR count). The number of benzene rings is 3. The summed E-state index contributed by atoms with van der Waals surface area (Å²) in [6.07, 6.45) is 1.63. The van der Waals surface area contributed by atoms with E-state index in [1.807, 2.05) is 36.4 Å². The lowest BCUT2D eigenvalue weighted by atomic mass is 10.1. The molecule has 204 valence electrons. The minimum atomic E-state index is -0.184. The molecule has 0 radical (unpaired) electrons. The summed E-state index contributed by atoms with van der Waals surface area (Å²) < 4.78 is 12.3. The van der Waals surface area contributed by atoms with Crippen LogP contribution in [0.15, 0.2) is 66.9 Å². The maximum atomic E-state index is 13.1. The molecule has 2 N–H and O–H groups in total. The number of hydrogen-bond acceptors (Lipinski definition) is 9. The molecular formula is C30H29N5O4S. The Balaban J connectivity index is 1.17. The van der Waals surface area contributed by atoms with Gasteiger partial charge in [0.1, 0.15) is 11.5 Å². The van der Waals surface area contributed by atoms with E-state index in [1.165, 1.54) is 18.4 Å². The van der Waals surface area contributed by atoms with Gasteiger partial charge in [-0.1, -0.05) is 23.5 Å². The van der Waals surface area contributed by atoms with E-state index in [1.54, 1.807) is 24.4 Å². The minimum absolute atomic E-state index is 0.0158. The summed E-state index contributed by atoms with van der Waals surface area (Å²) in [6.45, 7) is 5.00. The number of carbonyl (C=O) groups excluding carboxylic acids is 1. The first-order valence-corrected chi connectivity index (χ1v) is 13.8. The van der Waals surface area contributed by atoms with Crippen molar-refractivity contribution in [1.82, 2.24) is 19.8 Å². The number of likely N-dealkylation sites (N-methyl/N-ethyl adjacent to an activating group) is 1. The van der Waals surface area contributed by atoms with Crippen LogP contribution in [0.3, 0.4) is 0 Å². The van der Waals surface area contributed by atoms with Crippen LogP contribution < -0.4 is 14.8 Å². The van der Waals surface area contributed by atoms with Crippen molar-refractivity contribution in [1.29, 1.82) is 0 Å². The highest BCUT2D eigenvalue weighted by Crippen LogP contribution is 2.37. The van der Waals surface area contributed by atoms with Gasteiger partial charge < -0.3 is 19.5 Å². The second-order valence-electron chi connectivity index (χ2n) is 9.83. The molecule has 1 amide bonds. The topological polar surface area (TPSA) is 100 Å². The number of hydrogen-bond donors (Lipinski definition) is 2. The number of amides is 1.